The Morgan fingerprint density at radius 2 is 1.94 bits per heavy atom. The minimum atomic E-state index is -0.511. The van der Waals surface area contributed by atoms with Gasteiger partial charge in [0, 0.05) is 16.8 Å². The van der Waals surface area contributed by atoms with Gasteiger partial charge < -0.3 is 21.1 Å². The van der Waals surface area contributed by atoms with Crippen molar-refractivity contribution >= 4 is 46.7 Å². The molecule has 0 bridgehead atoms. The fourth-order valence-electron chi connectivity index (χ4n) is 2.98. The van der Waals surface area contributed by atoms with E-state index in [-0.39, 0.29) is 11.4 Å². The summed E-state index contributed by atoms with van der Waals surface area (Å²) >= 11 is 7.50. The maximum Gasteiger partial charge on any atom is 0.277 e. The van der Waals surface area contributed by atoms with Gasteiger partial charge in [-0.05, 0) is 68.1 Å². The van der Waals surface area contributed by atoms with Gasteiger partial charge in [-0.3, -0.25) is 9.59 Å². The molecule has 0 aliphatic carbocycles. The Morgan fingerprint density at radius 3 is 2.65 bits per heavy atom. The van der Waals surface area contributed by atoms with Gasteiger partial charge in [0.2, 0.25) is 0 Å². The van der Waals surface area contributed by atoms with Gasteiger partial charge in [-0.2, -0.15) is 0 Å². The lowest BCUT2D eigenvalue weighted by Crippen LogP contribution is -2.21. The lowest BCUT2D eigenvalue weighted by Gasteiger charge is -2.15. The number of ether oxygens (including phenoxy) is 1. The molecule has 178 valence electrons. The van der Waals surface area contributed by atoms with Crippen molar-refractivity contribution in [2.45, 2.75) is 25.2 Å². The molecule has 34 heavy (non-hydrogen) atoms. The molecule has 2 heterocycles. The number of halogens is 1. The molecule has 0 aliphatic rings. The van der Waals surface area contributed by atoms with Gasteiger partial charge in [-0.25, -0.2) is 9.97 Å². The molecule has 3 rings (SSSR count). The lowest BCUT2D eigenvalue weighted by atomic mass is 10.1. The monoisotopic (exact) mass is 499 g/mol. The van der Waals surface area contributed by atoms with E-state index in [1.54, 1.807) is 49.0 Å². The first-order valence-electron chi connectivity index (χ1n) is 10.7. The quantitative estimate of drug-likeness (QED) is 0.271. The smallest absolute Gasteiger partial charge is 0.277 e. The number of hydrogen-bond acceptors (Lipinski definition) is 7. The summed E-state index contributed by atoms with van der Waals surface area (Å²) in [4.78, 5) is 35.5. The van der Waals surface area contributed by atoms with Crippen molar-refractivity contribution in [3.63, 3.8) is 0 Å². The van der Waals surface area contributed by atoms with Crippen LogP contribution < -0.4 is 21.1 Å². The molecule has 0 atom stereocenters. The Balaban J connectivity index is 1.85. The molecule has 4 N–H and O–H groups in total. The summed E-state index contributed by atoms with van der Waals surface area (Å²) in [5, 5.41) is 5.92. The molecule has 1 aromatic carbocycles. The largest absolute Gasteiger partial charge is 0.493 e. The average molecular weight is 500 g/mol. The summed E-state index contributed by atoms with van der Waals surface area (Å²) in [7, 11) is 0. The number of aromatic nitrogens is 2. The highest BCUT2D eigenvalue weighted by molar-refractivity contribution is 7.99. The van der Waals surface area contributed by atoms with Crippen LogP contribution in [0.15, 0.2) is 53.6 Å². The summed E-state index contributed by atoms with van der Waals surface area (Å²) in [5.74, 6) is 0.738. The fraction of sp³-hybridized carbons (Fsp3) is 0.250. The van der Waals surface area contributed by atoms with Gasteiger partial charge >= 0.3 is 0 Å². The predicted molar refractivity (Wildman–Crippen MR) is 136 cm³/mol. The van der Waals surface area contributed by atoms with Crippen LogP contribution in [-0.2, 0) is 0 Å². The summed E-state index contributed by atoms with van der Waals surface area (Å²) in [6.45, 7) is 4.69. The second-order valence-electron chi connectivity index (χ2n) is 7.20. The number of amides is 2. The minimum absolute atomic E-state index is 0.0638. The zero-order valence-electron chi connectivity index (χ0n) is 18.9. The van der Waals surface area contributed by atoms with E-state index < -0.39 is 11.8 Å². The van der Waals surface area contributed by atoms with Crippen molar-refractivity contribution in [3.8, 4) is 5.75 Å². The number of hydrogen-bond donors (Lipinski definition) is 3. The van der Waals surface area contributed by atoms with E-state index in [1.165, 1.54) is 6.20 Å². The summed E-state index contributed by atoms with van der Waals surface area (Å²) < 4.78 is 5.84. The standard InChI is InChI=1S/C24H26ClN5O3S/c1-3-34-17-7-8-18(20(13-17)33-12-4-11-26)23(31)29-19-9-5-15(2)28-22(19)24(32)30-21-10-6-16(25)14-27-21/h5-10,13-14H,3-4,11-12,26H2,1-2H3,(H,29,31)(H,27,30,32). The number of carbonyl (C=O) groups excluding carboxylic acids is 2. The molecule has 8 nitrogen and oxygen atoms in total. The molecule has 0 radical (unpaired) electrons. The highest BCUT2D eigenvalue weighted by atomic mass is 35.5. The number of carbonyl (C=O) groups is 2. The van der Waals surface area contributed by atoms with Crippen LogP contribution in [0.25, 0.3) is 0 Å². The van der Waals surface area contributed by atoms with Gasteiger partial charge in [-0.15, -0.1) is 11.8 Å². The molecular weight excluding hydrogens is 474 g/mol. The minimum Gasteiger partial charge on any atom is -0.493 e. The number of nitrogens with one attached hydrogen (secondary N) is 2. The number of benzene rings is 1. The van der Waals surface area contributed by atoms with Gasteiger partial charge in [0.25, 0.3) is 11.8 Å². The molecule has 3 aromatic rings. The van der Waals surface area contributed by atoms with Crippen LogP contribution in [0.3, 0.4) is 0 Å². The molecule has 10 heteroatoms. The highest BCUT2D eigenvalue weighted by Gasteiger charge is 2.20. The van der Waals surface area contributed by atoms with Crippen molar-refractivity contribution in [1.82, 2.24) is 9.97 Å². The maximum absolute atomic E-state index is 13.2. The Labute approximate surface area is 207 Å². The Hall–Kier alpha value is -3.14. The second-order valence-corrected chi connectivity index (χ2v) is 8.97. The number of aryl methyl sites for hydroxylation is 1. The first kappa shape index (κ1) is 25.5. The third-order valence-corrected chi connectivity index (χ3v) is 5.68. The van der Waals surface area contributed by atoms with Gasteiger partial charge in [0.1, 0.15) is 11.6 Å². The second kappa shape index (κ2) is 12.4. The van der Waals surface area contributed by atoms with Crippen molar-refractivity contribution in [2.75, 3.05) is 29.5 Å². The molecule has 0 saturated carbocycles. The maximum atomic E-state index is 13.2. The van der Waals surface area contributed by atoms with Crippen molar-refractivity contribution in [2.24, 2.45) is 5.73 Å². The zero-order valence-corrected chi connectivity index (χ0v) is 20.5. The average Bonchev–Trinajstić information content (AvgIpc) is 2.82. The highest BCUT2D eigenvalue weighted by Crippen LogP contribution is 2.28. The van der Waals surface area contributed by atoms with Crippen molar-refractivity contribution < 1.29 is 14.3 Å². The summed E-state index contributed by atoms with van der Waals surface area (Å²) in [5.41, 5.74) is 6.88. The molecule has 2 amide bonds. The van der Waals surface area contributed by atoms with Crippen molar-refractivity contribution in [3.05, 3.63) is 70.6 Å². The van der Waals surface area contributed by atoms with Crippen LogP contribution in [0.4, 0.5) is 11.5 Å². The first-order valence-corrected chi connectivity index (χ1v) is 12.1. The van der Waals surface area contributed by atoms with Gasteiger partial charge in [0.15, 0.2) is 5.69 Å². The van der Waals surface area contributed by atoms with E-state index in [4.69, 9.17) is 22.1 Å². The van der Waals surface area contributed by atoms with E-state index in [0.29, 0.717) is 47.4 Å². The van der Waals surface area contributed by atoms with Crippen LogP contribution in [-0.4, -0.2) is 40.7 Å². The van der Waals surface area contributed by atoms with Crippen LogP contribution in [0.2, 0.25) is 5.02 Å². The molecule has 0 saturated heterocycles. The topological polar surface area (TPSA) is 119 Å². The third-order valence-electron chi connectivity index (χ3n) is 4.58. The molecule has 2 aromatic heterocycles. The van der Waals surface area contributed by atoms with E-state index in [0.717, 1.165) is 10.6 Å². The third kappa shape index (κ3) is 6.93. The van der Waals surface area contributed by atoms with E-state index >= 15 is 0 Å². The number of pyridine rings is 2. The summed E-state index contributed by atoms with van der Waals surface area (Å²) in [6, 6.07) is 12.0. The van der Waals surface area contributed by atoms with E-state index in [1.807, 2.05) is 12.1 Å². The number of rotatable bonds is 10. The SMILES string of the molecule is CCSc1ccc(C(=O)Nc2ccc(C)nc2C(=O)Nc2ccc(Cl)cn2)c(OCCCN)c1. The number of nitrogens with two attached hydrogens (primary N) is 1. The first-order chi connectivity index (χ1) is 16.4. The molecule has 0 aliphatic heterocycles. The fourth-order valence-corrected chi connectivity index (χ4v) is 3.78. The van der Waals surface area contributed by atoms with Crippen molar-refractivity contribution in [1.29, 1.82) is 0 Å². The van der Waals surface area contributed by atoms with Gasteiger partial charge in [-0.1, -0.05) is 18.5 Å². The van der Waals surface area contributed by atoms with Crippen LogP contribution >= 0.6 is 23.4 Å². The predicted octanol–water partition coefficient (Wildman–Crippen LogP) is 4.78. The Morgan fingerprint density at radius 1 is 1.12 bits per heavy atom. The van der Waals surface area contributed by atoms with Gasteiger partial charge in [0.05, 0.1) is 22.9 Å². The molecule has 0 fully saturated rings. The lowest BCUT2D eigenvalue weighted by molar-refractivity contribution is 0.102. The Bertz CT molecular complexity index is 1160. The number of thioether (sulfide) groups is 1. The van der Waals surface area contributed by atoms with E-state index in [2.05, 4.69) is 27.5 Å². The molecule has 0 spiro atoms. The van der Waals surface area contributed by atoms with Crippen LogP contribution in [0.1, 0.15) is 39.9 Å². The summed E-state index contributed by atoms with van der Waals surface area (Å²) in [6.07, 6.45) is 2.09. The number of nitrogens with zero attached hydrogens (tertiary/aromatic N) is 2. The van der Waals surface area contributed by atoms with Crippen LogP contribution in [0.5, 0.6) is 5.75 Å². The number of anilines is 2. The van der Waals surface area contributed by atoms with E-state index in [9.17, 15) is 9.59 Å². The zero-order chi connectivity index (χ0) is 24.5. The molecule has 0 unspecified atom stereocenters. The Kier molecular flexibility index (Phi) is 9.26. The van der Waals surface area contributed by atoms with Crippen LogP contribution in [0, 0.1) is 6.92 Å². The molecular formula is C24H26ClN5O3S. The normalized spacial score (nSPS) is 10.6.